The number of benzene rings is 1. The molecule has 0 aliphatic heterocycles. The smallest absolute Gasteiger partial charge is 0.137 e. The molecular weight excluding hydrogens is 297 g/mol. The number of nitrogens with two attached hydrogens (primary N) is 1. The standard InChI is InChI=1S/C13H15BrFN3/c1-2-3-11(16)13-17-7-12(18-13)8-4-5-10(15)9(14)6-8/h4-7,11H,2-3,16H2,1H3,(H,17,18). The number of hydrogen-bond acceptors (Lipinski definition) is 2. The molecule has 96 valence electrons. The Kier molecular flexibility index (Phi) is 4.14. The van der Waals surface area contributed by atoms with Crippen LogP contribution in [0.5, 0.6) is 0 Å². The highest BCUT2D eigenvalue weighted by Gasteiger charge is 2.11. The normalized spacial score (nSPS) is 12.7. The van der Waals surface area contributed by atoms with Crippen molar-refractivity contribution in [1.29, 1.82) is 0 Å². The Hall–Kier alpha value is -1.20. The summed E-state index contributed by atoms with van der Waals surface area (Å²) in [5.41, 5.74) is 7.71. The molecule has 0 fully saturated rings. The summed E-state index contributed by atoms with van der Waals surface area (Å²) in [7, 11) is 0. The van der Waals surface area contributed by atoms with Crippen molar-refractivity contribution in [2.45, 2.75) is 25.8 Å². The second-order valence-electron chi connectivity index (χ2n) is 4.21. The lowest BCUT2D eigenvalue weighted by molar-refractivity contribution is 0.609. The Morgan fingerprint density at radius 2 is 2.28 bits per heavy atom. The van der Waals surface area contributed by atoms with Gasteiger partial charge in [-0.1, -0.05) is 13.3 Å². The number of halogens is 2. The molecular formula is C13H15BrFN3. The largest absolute Gasteiger partial charge is 0.341 e. The molecule has 2 aromatic rings. The van der Waals surface area contributed by atoms with Crippen molar-refractivity contribution in [1.82, 2.24) is 9.97 Å². The molecule has 5 heteroatoms. The molecule has 0 radical (unpaired) electrons. The average Bonchev–Trinajstić information content (AvgIpc) is 2.82. The number of nitrogens with zero attached hydrogens (tertiary/aromatic N) is 1. The van der Waals surface area contributed by atoms with Crippen LogP contribution in [-0.2, 0) is 0 Å². The van der Waals surface area contributed by atoms with Gasteiger partial charge in [0.1, 0.15) is 11.6 Å². The summed E-state index contributed by atoms with van der Waals surface area (Å²) in [5, 5.41) is 0. The maximum Gasteiger partial charge on any atom is 0.137 e. The quantitative estimate of drug-likeness (QED) is 0.903. The van der Waals surface area contributed by atoms with Crippen LogP contribution >= 0.6 is 15.9 Å². The maximum atomic E-state index is 13.2. The van der Waals surface area contributed by atoms with E-state index in [0.29, 0.717) is 4.47 Å². The lowest BCUT2D eigenvalue weighted by Crippen LogP contribution is -2.11. The van der Waals surface area contributed by atoms with Crippen LogP contribution in [-0.4, -0.2) is 9.97 Å². The number of hydrogen-bond donors (Lipinski definition) is 2. The van der Waals surface area contributed by atoms with Crippen molar-refractivity contribution < 1.29 is 4.39 Å². The molecule has 0 saturated carbocycles. The first-order valence-electron chi connectivity index (χ1n) is 5.87. The summed E-state index contributed by atoms with van der Waals surface area (Å²) < 4.78 is 13.6. The van der Waals surface area contributed by atoms with Crippen molar-refractivity contribution >= 4 is 15.9 Å². The Morgan fingerprint density at radius 3 is 2.94 bits per heavy atom. The van der Waals surface area contributed by atoms with Crippen molar-refractivity contribution in [2.24, 2.45) is 5.73 Å². The van der Waals surface area contributed by atoms with Crippen LogP contribution in [0.4, 0.5) is 4.39 Å². The Bertz CT molecular complexity index is 539. The van der Waals surface area contributed by atoms with Gasteiger partial charge in [0.25, 0.3) is 0 Å². The van der Waals surface area contributed by atoms with Crippen molar-refractivity contribution in [3.8, 4) is 11.3 Å². The minimum Gasteiger partial charge on any atom is -0.341 e. The Morgan fingerprint density at radius 1 is 1.50 bits per heavy atom. The molecule has 0 spiro atoms. The highest BCUT2D eigenvalue weighted by Crippen LogP contribution is 2.25. The van der Waals surface area contributed by atoms with E-state index in [9.17, 15) is 4.39 Å². The average molecular weight is 312 g/mol. The minimum absolute atomic E-state index is 0.0763. The zero-order valence-electron chi connectivity index (χ0n) is 10.1. The predicted octanol–water partition coefficient (Wildman–Crippen LogP) is 3.78. The SMILES string of the molecule is CCCC(N)c1ncc(-c2ccc(F)c(Br)c2)[nH]1. The van der Waals surface area contributed by atoms with Crippen LogP contribution < -0.4 is 5.73 Å². The van der Waals surface area contributed by atoms with Crippen molar-refractivity contribution in [3.63, 3.8) is 0 Å². The molecule has 0 aliphatic rings. The fraction of sp³-hybridized carbons (Fsp3) is 0.308. The Labute approximate surface area is 114 Å². The van der Waals surface area contributed by atoms with Crippen LogP contribution in [0.2, 0.25) is 0 Å². The van der Waals surface area contributed by atoms with Crippen molar-refractivity contribution in [2.75, 3.05) is 0 Å². The second-order valence-corrected chi connectivity index (χ2v) is 5.06. The van der Waals surface area contributed by atoms with Gasteiger partial charge < -0.3 is 10.7 Å². The zero-order chi connectivity index (χ0) is 13.1. The summed E-state index contributed by atoms with van der Waals surface area (Å²) >= 11 is 3.17. The van der Waals surface area contributed by atoms with Gasteiger partial charge >= 0.3 is 0 Å². The van der Waals surface area contributed by atoms with Gasteiger partial charge in [-0.15, -0.1) is 0 Å². The molecule has 1 heterocycles. The molecule has 18 heavy (non-hydrogen) atoms. The second kappa shape index (κ2) is 5.63. The summed E-state index contributed by atoms with van der Waals surface area (Å²) in [6.07, 6.45) is 3.63. The third-order valence-corrected chi connectivity index (χ3v) is 3.38. The van der Waals surface area contributed by atoms with Crippen LogP contribution in [0.3, 0.4) is 0 Å². The number of H-pyrrole nitrogens is 1. The first-order valence-corrected chi connectivity index (χ1v) is 6.67. The molecule has 0 aliphatic carbocycles. The van der Waals surface area contributed by atoms with E-state index < -0.39 is 0 Å². The van der Waals surface area contributed by atoms with Gasteiger partial charge in [0.15, 0.2) is 0 Å². The van der Waals surface area contributed by atoms with E-state index >= 15 is 0 Å². The summed E-state index contributed by atoms with van der Waals surface area (Å²) in [5.74, 6) is 0.494. The van der Waals surface area contributed by atoms with E-state index in [2.05, 4.69) is 32.8 Å². The number of aromatic nitrogens is 2. The fourth-order valence-corrected chi connectivity index (χ4v) is 2.16. The van der Waals surface area contributed by atoms with Gasteiger partial charge in [-0.25, -0.2) is 9.37 Å². The molecule has 0 saturated heterocycles. The molecule has 0 amide bonds. The molecule has 1 atom stereocenters. The van der Waals surface area contributed by atoms with E-state index in [1.165, 1.54) is 6.07 Å². The highest BCUT2D eigenvalue weighted by atomic mass is 79.9. The zero-order valence-corrected chi connectivity index (χ0v) is 11.7. The fourth-order valence-electron chi connectivity index (χ4n) is 1.78. The third kappa shape index (κ3) is 2.79. The van der Waals surface area contributed by atoms with Crippen LogP contribution in [0.25, 0.3) is 11.3 Å². The van der Waals surface area contributed by atoms with Gasteiger partial charge in [0.2, 0.25) is 0 Å². The van der Waals surface area contributed by atoms with E-state index in [0.717, 1.165) is 29.9 Å². The summed E-state index contributed by atoms with van der Waals surface area (Å²) in [6.45, 7) is 2.08. The van der Waals surface area contributed by atoms with Gasteiger partial charge in [-0.3, -0.25) is 0 Å². The molecule has 3 N–H and O–H groups in total. The van der Waals surface area contributed by atoms with E-state index in [4.69, 9.17) is 5.73 Å². The molecule has 2 rings (SSSR count). The van der Waals surface area contributed by atoms with Crippen LogP contribution in [0.15, 0.2) is 28.9 Å². The lowest BCUT2D eigenvalue weighted by atomic mass is 10.1. The van der Waals surface area contributed by atoms with E-state index in [1.54, 1.807) is 18.3 Å². The Balaban J connectivity index is 2.26. The maximum absolute atomic E-state index is 13.2. The minimum atomic E-state index is -0.277. The molecule has 3 nitrogen and oxygen atoms in total. The summed E-state index contributed by atoms with van der Waals surface area (Å²) in [4.78, 5) is 7.45. The van der Waals surface area contributed by atoms with Gasteiger partial charge in [0, 0.05) is 5.56 Å². The van der Waals surface area contributed by atoms with Crippen LogP contribution in [0, 0.1) is 5.82 Å². The van der Waals surface area contributed by atoms with Crippen molar-refractivity contribution in [3.05, 3.63) is 40.5 Å². The summed E-state index contributed by atoms with van der Waals surface area (Å²) in [6, 6.07) is 4.78. The van der Waals surface area contributed by atoms with Crippen LogP contribution in [0.1, 0.15) is 31.6 Å². The lowest BCUT2D eigenvalue weighted by Gasteiger charge is -2.06. The monoisotopic (exact) mass is 311 g/mol. The highest BCUT2D eigenvalue weighted by molar-refractivity contribution is 9.10. The van der Waals surface area contributed by atoms with E-state index in [-0.39, 0.29) is 11.9 Å². The first kappa shape index (κ1) is 13.2. The van der Waals surface area contributed by atoms with Gasteiger partial charge in [0.05, 0.1) is 22.4 Å². The molecule has 1 aromatic heterocycles. The molecule has 0 bridgehead atoms. The third-order valence-electron chi connectivity index (χ3n) is 2.78. The number of rotatable bonds is 4. The molecule has 1 aromatic carbocycles. The number of aromatic amines is 1. The van der Waals surface area contributed by atoms with E-state index in [1.807, 2.05) is 0 Å². The number of imidazole rings is 1. The van der Waals surface area contributed by atoms with Gasteiger partial charge in [-0.05, 0) is 40.5 Å². The number of nitrogens with one attached hydrogen (secondary N) is 1. The molecule has 1 unspecified atom stereocenters. The first-order chi connectivity index (χ1) is 8.61. The van der Waals surface area contributed by atoms with Gasteiger partial charge in [-0.2, -0.15) is 0 Å². The topological polar surface area (TPSA) is 54.7 Å². The predicted molar refractivity (Wildman–Crippen MR) is 73.5 cm³/mol.